The quantitative estimate of drug-likeness (QED) is 0.590. The van der Waals surface area contributed by atoms with Gasteiger partial charge in [-0.1, -0.05) is 34.1 Å². The predicted octanol–water partition coefficient (Wildman–Crippen LogP) is 5.14. The highest BCUT2D eigenvalue weighted by molar-refractivity contribution is 6.05. The summed E-state index contributed by atoms with van der Waals surface area (Å²) in [5.74, 6) is 0.622. The molecule has 1 N–H and O–H groups in total. The molecule has 5 aliphatic carbocycles. The van der Waals surface area contributed by atoms with E-state index in [4.69, 9.17) is 9.47 Å². The molecule has 192 valence electrons. The van der Waals surface area contributed by atoms with Crippen molar-refractivity contribution in [3.05, 3.63) is 11.3 Å². The van der Waals surface area contributed by atoms with Gasteiger partial charge in [0.15, 0.2) is 5.78 Å². The molecule has 5 heteroatoms. The highest BCUT2D eigenvalue weighted by Gasteiger charge is 2.96. The van der Waals surface area contributed by atoms with Crippen molar-refractivity contribution in [2.75, 3.05) is 0 Å². The van der Waals surface area contributed by atoms with E-state index >= 15 is 0 Å². The zero-order chi connectivity index (χ0) is 25.2. The average Bonchev–Trinajstić information content (AvgIpc) is 3.25. The van der Waals surface area contributed by atoms with Gasteiger partial charge in [0, 0.05) is 22.8 Å². The van der Waals surface area contributed by atoms with E-state index in [0.29, 0.717) is 25.2 Å². The van der Waals surface area contributed by atoms with Crippen LogP contribution in [0.3, 0.4) is 0 Å². The van der Waals surface area contributed by atoms with Gasteiger partial charge in [0.05, 0.1) is 16.6 Å². The summed E-state index contributed by atoms with van der Waals surface area (Å²) in [6, 6.07) is 0. The molecule has 5 nitrogen and oxygen atoms in total. The van der Waals surface area contributed by atoms with Crippen LogP contribution in [0.25, 0.3) is 0 Å². The first-order valence-corrected chi connectivity index (χ1v) is 14.1. The summed E-state index contributed by atoms with van der Waals surface area (Å²) in [5, 5.41) is 12.9. The SMILES string of the molecule is CC(=O)[C@@H]1C[C@]23CC[C@H]4C(C)(C)CCC[C@]45C[C@]24[C@@]1(O)C[C@@H]1C(C)(C)OC(=C(C(C)C)C3=O)[C@@]14O5. The lowest BCUT2D eigenvalue weighted by Crippen LogP contribution is -2.65. The van der Waals surface area contributed by atoms with Crippen LogP contribution in [0, 0.1) is 39.9 Å². The molecule has 0 radical (unpaired) electrons. The fraction of sp³-hybridized carbons (Fsp3) is 0.867. The number of hydrogen-bond donors (Lipinski definition) is 1. The molecule has 3 spiro atoms. The van der Waals surface area contributed by atoms with E-state index < -0.39 is 33.6 Å². The highest BCUT2D eigenvalue weighted by atomic mass is 16.6. The van der Waals surface area contributed by atoms with Gasteiger partial charge in [0.1, 0.15) is 22.7 Å². The Bertz CT molecular complexity index is 1120. The minimum Gasteiger partial charge on any atom is -0.488 e. The summed E-state index contributed by atoms with van der Waals surface area (Å²) in [5.41, 5.74) is -3.71. The van der Waals surface area contributed by atoms with Gasteiger partial charge in [-0.2, -0.15) is 0 Å². The molecule has 2 heterocycles. The van der Waals surface area contributed by atoms with Crippen LogP contribution in [0.4, 0.5) is 0 Å². The third-order valence-corrected chi connectivity index (χ3v) is 12.6. The number of carbonyl (C=O) groups is 2. The van der Waals surface area contributed by atoms with E-state index in [9.17, 15) is 14.7 Å². The lowest BCUT2D eigenvalue weighted by Gasteiger charge is -2.56. The Morgan fingerprint density at radius 3 is 2.43 bits per heavy atom. The summed E-state index contributed by atoms with van der Waals surface area (Å²) in [6.07, 6.45) is 6.51. The van der Waals surface area contributed by atoms with Crippen molar-refractivity contribution < 1.29 is 24.2 Å². The second-order valence-electron chi connectivity index (χ2n) is 15.0. The lowest BCUT2D eigenvalue weighted by molar-refractivity contribution is -0.210. The third kappa shape index (κ3) is 2.00. The van der Waals surface area contributed by atoms with Crippen LogP contribution in [0.15, 0.2) is 11.3 Å². The Balaban J connectivity index is 1.63. The maximum atomic E-state index is 14.9. The number of carbonyl (C=O) groups excluding carboxylic acids is 2. The molecular weight excluding hydrogens is 440 g/mol. The Hall–Kier alpha value is -1.20. The number of allylic oxidation sites excluding steroid dienone is 1. The van der Waals surface area contributed by atoms with Crippen LogP contribution < -0.4 is 0 Å². The minimum atomic E-state index is -1.24. The molecule has 0 aromatic heterocycles. The first-order valence-electron chi connectivity index (χ1n) is 14.1. The van der Waals surface area contributed by atoms with Gasteiger partial charge in [0.25, 0.3) is 0 Å². The average molecular weight is 483 g/mol. The molecule has 0 aromatic rings. The summed E-state index contributed by atoms with van der Waals surface area (Å²) < 4.78 is 14.5. The fourth-order valence-electron chi connectivity index (χ4n) is 11.7. The predicted molar refractivity (Wildman–Crippen MR) is 130 cm³/mol. The van der Waals surface area contributed by atoms with Crippen molar-refractivity contribution in [1.29, 1.82) is 0 Å². The van der Waals surface area contributed by atoms with Crippen molar-refractivity contribution in [2.45, 2.75) is 122 Å². The van der Waals surface area contributed by atoms with E-state index in [1.807, 2.05) is 0 Å². The summed E-state index contributed by atoms with van der Waals surface area (Å²) >= 11 is 0. The number of rotatable bonds is 2. The zero-order valence-electron chi connectivity index (χ0n) is 22.5. The van der Waals surface area contributed by atoms with Crippen LogP contribution in [0.5, 0.6) is 0 Å². The molecule has 6 fully saturated rings. The minimum absolute atomic E-state index is 0.000425. The second-order valence-corrected chi connectivity index (χ2v) is 15.0. The molecule has 7 aliphatic rings. The summed E-state index contributed by atoms with van der Waals surface area (Å²) in [6.45, 7) is 14.8. The zero-order valence-corrected chi connectivity index (χ0v) is 22.5. The van der Waals surface area contributed by atoms with E-state index in [2.05, 4.69) is 41.5 Å². The van der Waals surface area contributed by atoms with Crippen LogP contribution in [0.2, 0.25) is 0 Å². The standard InChI is InChI=1S/C30H42O5/c1-16(2)21-22(32)26-12-9-19-24(4,5)10-8-11-27(19)15-29(26)28(33,18(13-26)17(3)31)14-20-25(6,7)34-23(21)30(20,29)35-27/h16,18-20,33H,8-15H2,1-7H3/t18-,19-,20+,26-,27-,28+,29+,30-/m0/s1. The first kappa shape index (κ1) is 23.0. The Morgan fingerprint density at radius 1 is 1.06 bits per heavy atom. The van der Waals surface area contributed by atoms with Gasteiger partial charge in [-0.25, -0.2) is 0 Å². The van der Waals surface area contributed by atoms with E-state index in [0.717, 1.165) is 43.4 Å². The molecule has 7 rings (SSSR count). The van der Waals surface area contributed by atoms with Gasteiger partial charge in [0.2, 0.25) is 0 Å². The molecule has 4 saturated carbocycles. The summed E-state index contributed by atoms with van der Waals surface area (Å²) in [4.78, 5) is 28.1. The van der Waals surface area contributed by atoms with Gasteiger partial charge in [-0.3, -0.25) is 9.59 Å². The largest absolute Gasteiger partial charge is 0.488 e. The maximum Gasteiger partial charge on any atom is 0.169 e. The third-order valence-electron chi connectivity index (χ3n) is 12.6. The van der Waals surface area contributed by atoms with Crippen molar-refractivity contribution in [2.24, 2.45) is 39.9 Å². The lowest BCUT2D eigenvalue weighted by atomic mass is 9.47. The Labute approximate surface area is 209 Å². The molecule has 0 amide bonds. The number of aliphatic hydroxyl groups is 1. The molecule has 0 aromatic carbocycles. The van der Waals surface area contributed by atoms with E-state index in [-0.39, 0.29) is 34.4 Å². The van der Waals surface area contributed by atoms with Crippen LogP contribution in [0.1, 0.15) is 99.8 Å². The number of ether oxygens (including phenoxy) is 2. The Kier molecular flexibility index (Phi) is 3.89. The number of ketones is 2. The monoisotopic (exact) mass is 482 g/mol. The van der Waals surface area contributed by atoms with Gasteiger partial charge >= 0.3 is 0 Å². The molecule has 2 aliphatic heterocycles. The highest BCUT2D eigenvalue weighted by Crippen LogP contribution is 2.89. The number of Topliss-reactive ketones (excluding diaryl/α,β-unsaturated/α-hetero) is 2. The summed E-state index contributed by atoms with van der Waals surface area (Å²) in [7, 11) is 0. The van der Waals surface area contributed by atoms with E-state index in [1.54, 1.807) is 6.92 Å². The fourth-order valence-corrected chi connectivity index (χ4v) is 11.7. The van der Waals surface area contributed by atoms with Gasteiger partial charge in [-0.05, 0) is 83.0 Å². The van der Waals surface area contributed by atoms with Crippen molar-refractivity contribution in [3.8, 4) is 0 Å². The molecular formula is C30H42O5. The molecule has 2 saturated heterocycles. The van der Waals surface area contributed by atoms with Crippen LogP contribution >= 0.6 is 0 Å². The molecule has 2 bridgehead atoms. The van der Waals surface area contributed by atoms with Crippen LogP contribution in [-0.2, 0) is 19.1 Å². The van der Waals surface area contributed by atoms with Gasteiger partial charge < -0.3 is 14.6 Å². The molecule has 8 atom stereocenters. The number of hydrogen-bond acceptors (Lipinski definition) is 5. The molecule has 0 unspecified atom stereocenters. The topological polar surface area (TPSA) is 72.8 Å². The van der Waals surface area contributed by atoms with Crippen molar-refractivity contribution in [3.63, 3.8) is 0 Å². The van der Waals surface area contributed by atoms with E-state index in [1.165, 1.54) is 0 Å². The Morgan fingerprint density at radius 2 is 1.77 bits per heavy atom. The van der Waals surface area contributed by atoms with Crippen molar-refractivity contribution in [1.82, 2.24) is 0 Å². The smallest absolute Gasteiger partial charge is 0.169 e. The van der Waals surface area contributed by atoms with Gasteiger partial charge in [-0.15, -0.1) is 0 Å². The normalized spacial score (nSPS) is 54.0. The first-order chi connectivity index (χ1) is 16.2. The van der Waals surface area contributed by atoms with Crippen LogP contribution in [-0.4, -0.2) is 39.1 Å². The van der Waals surface area contributed by atoms with Crippen molar-refractivity contribution >= 4 is 11.6 Å². The second kappa shape index (κ2) is 5.93. The maximum absolute atomic E-state index is 14.9. The molecule has 35 heavy (non-hydrogen) atoms.